The number of rotatable bonds is 1. The number of carbonyl (C=O) groups is 1. The van der Waals surface area contributed by atoms with Crippen molar-refractivity contribution in [3.8, 4) is 0 Å². The van der Waals surface area contributed by atoms with Crippen molar-refractivity contribution in [2.75, 3.05) is 11.9 Å². The zero-order valence-electron chi connectivity index (χ0n) is 10.4. The Balaban J connectivity index is 2.16. The van der Waals surface area contributed by atoms with Gasteiger partial charge in [-0.15, -0.1) is 0 Å². The molecule has 19 heavy (non-hydrogen) atoms. The van der Waals surface area contributed by atoms with Gasteiger partial charge in [-0.05, 0) is 23.8 Å². The Morgan fingerprint density at radius 3 is 2.53 bits per heavy atom. The van der Waals surface area contributed by atoms with E-state index in [1.54, 1.807) is 11.9 Å². The monoisotopic (exact) mass is 269 g/mol. The first-order valence-electron chi connectivity index (χ1n) is 6.02. The molecule has 0 bridgehead atoms. The second kappa shape index (κ2) is 4.56. The van der Waals surface area contributed by atoms with Gasteiger partial charge in [0.15, 0.2) is 0 Å². The second-order valence-corrected chi connectivity index (χ2v) is 4.87. The Labute approximate surface area is 116 Å². The van der Waals surface area contributed by atoms with E-state index in [1.165, 1.54) is 0 Å². The third-order valence-corrected chi connectivity index (χ3v) is 3.64. The Bertz CT molecular complexity index is 691. The number of nitrogens with zero attached hydrogens (tertiary/aromatic N) is 1. The molecule has 1 aliphatic rings. The van der Waals surface area contributed by atoms with Crippen LogP contribution in [-0.4, -0.2) is 13.0 Å². The minimum Gasteiger partial charge on any atom is -0.311 e. The van der Waals surface area contributed by atoms with Gasteiger partial charge in [0.25, 0.3) is 5.91 Å². The van der Waals surface area contributed by atoms with Crippen LogP contribution in [0, 0.1) is 0 Å². The molecular weight excluding hydrogens is 258 g/mol. The number of benzene rings is 2. The lowest BCUT2D eigenvalue weighted by atomic mass is 10.0. The van der Waals surface area contributed by atoms with E-state index in [4.69, 9.17) is 11.6 Å². The SMILES string of the molecule is CN1C(=O)/C(=C/c2ccccc2Cl)c2ccccc21. The predicted octanol–water partition coefficient (Wildman–Crippen LogP) is 3.86. The zero-order valence-corrected chi connectivity index (χ0v) is 11.2. The number of amides is 1. The van der Waals surface area contributed by atoms with Gasteiger partial charge in [0.05, 0.1) is 5.69 Å². The molecule has 0 atom stereocenters. The molecule has 94 valence electrons. The Kier molecular flexibility index (Phi) is 2.88. The quantitative estimate of drug-likeness (QED) is 0.720. The minimum absolute atomic E-state index is 0.00104. The van der Waals surface area contributed by atoms with Crippen molar-refractivity contribution >= 4 is 34.8 Å². The lowest BCUT2D eigenvalue weighted by molar-refractivity contribution is -0.112. The van der Waals surface area contributed by atoms with Crippen molar-refractivity contribution in [1.29, 1.82) is 0 Å². The number of hydrogen-bond donors (Lipinski definition) is 0. The first-order chi connectivity index (χ1) is 9.18. The first kappa shape index (κ1) is 12.0. The molecule has 0 unspecified atom stereocenters. The van der Waals surface area contributed by atoms with E-state index in [-0.39, 0.29) is 5.91 Å². The molecule has 1 heterocycles. The molecule has 1 aliphatic heterocycles. The molecule has 0 saturated heterocycles. The lowest BCUT2D eigenvalue weighted by Gasteiger charge is -2.08. The molecule has 0 aromatic heterocycles. The van der Waals surface area contributed by atoms with Crippen LogP contribution in [0.2, 0.25) is 5.02 Å². The van der Waals surface area contributed by atoms with Crippen LogP contribution >= 0.6 is 11.6 Å². The number of likely N-dealkylation sites (N-methyl/N-ethyl adjacent to an activating group) is 1. The smallest absolute Gasteiger partial charge is 0.258 e. The molecule has 2 aromatic rings. The highest BCUT2D eigenvalue weighted by Gasteiger charge is 2.29. The summed E-state index contributed by atoms with van der Waals surface area (Å²) in [5, 5.41) is 0.648. The summed E-state index contributed by atoms with van der Waals surface area (Å²) in [6.07, 6.45) is 1.85. The molecule has 1 amide bonds. The highest BCUT2D eigenvalue weighted by molar-refractivity contribution is 6.37. The molecular formula is C16H12ClNO. The highest BCUT2D eigenvalue weighted by atomic mass is 35.5. The maximum Gasteiger partial charge on any atom is 0.258 e. The van der Waals surface area contributed by atoms with Crippen molar-refractivity contribution in [2.45, 2.75) is 0 Å². The van der Waals surface area contributed by atoms with Gasteiger partial charge in [-0.2, -0.15) is 0 Å². The number of carbonyl (C=O) groups excluding carboxylic acids is 1. The van der Waals surface area contributed by atoms with E-state index < -0.39 is 0 Å². The van der Waals surface area contributed by atoms with Crippen LogP contribution in [0.4, 0.5) is 5.69 Å². The van der Waals surface area contributed by atoms with Crippen molar-refractivity contribution in [3.05, 3.63) is 64.7 Å². The van der Waals surface area contributed by atoms with E-state index in [0.717, 1.165) is 16.8 Å². The topological polar surface area (TPSA) is 20.3 Å². The molecule has 0 radical (unpaired) electrons. The second-order valence-electron chi connectivity index (χ2n) is 4.46. The van der Waals surface area contributed by atoms with E-state index in [2.05, 4.69) is 0 Å². The van der Waals surface area contributed by atoms with Gasteiger partial charge in [0.2, 0.25) is 0 Å². The average molecular weight is 270 g/mol. The fraction of sp³-hybridized carbons (Fsp3) is 0.0625. The largest absolute Gasteiger partial charge is 0.311 e. The lowest BCUT2D eigenvalue weighted by Crippen LogP contribution is -2.20. The van der Waals surface area contributed by atoms with Gasteiger partial charge >= 0.3 is 0 Å². The number of halogens is 1. The van der Waals surface area contributed by atoms with E-state index >= 15 is 0 Å². The van der Waals surface area contributed by atoms with Gasteiger partial charge in [-0.25, -0.2) is 0 Å². The van der Waals surface area contributed by atoms with Crippen molar-refractivity contribution < 1.29 is 4.79 Å². The van der Waals surface area contributed by atoms with Crippen molar-refractivity contribution in [1.82, 2.24) is 0 Å². The fourth-order valence-corrected chi connectivity index (χ4v) is 2.48. The molecule has 2 nitrogen and oxygen atoms in total. The molecule has 3 rings (SSSR count). The predicted molar refractivity (Wildman–Crippen MR) is 79.2 cm³/mol. The van der Waals surface area contributed by atoms with Gasteiger partial charge in [-0.3, -0.25) is 4.79 Å². The van der Waals surface area contributed by atoms with Gasteiger partial charge in [0.1, 0.15) is 0 Å². The van der Waals surface area contributed by atoms with E-state index in [9.17, 15) is 4.79 Å². The first-order valence-corrected chi connectivity index (χ1v) is 6.40. The van der Waals surface area contributed by atoms with Crippen LogP contribution in [0.25, 0.3) is 11.6 Å². The summed E-state index contributed by atoms with van der Waals surface area (Å²) < 4.78 is 0. The Hall–Kier alpha value is -2.06. The number of anilines is 1. The van der Waals surface area contributed by atoms with Gasteiger partial charge in [-0.1, -0.05) is 48.0 Å². The van der Waals surface area contributed by atoms with E-state index in [0.29, 0.717) is 10.6 Å². The van der Waals surface area contributed by atoms with Crippen molar-refractivity contribution in [3.63, 3.8) is 0 Å². The number of fused-ring (bicyclic) bond motifs is 1. The normalized spacial score (nSPS) is 16.0. The van der Waals surface area contributed by atoms with Crippen LogP contribution in [0.3, 0.4) is 0 Å². The molecule has 2 aromatic carbocycles. The summed E-state index contributed by atoms with van der Waals surface area (Å²) in [5.74, 6) is 0.00104. The summed E-state index contributed by atoms with van der Waals surface area (Å²) >= 11 is 6.14. The molecule has 0 aliphatic carbocycles. The standard InChI is InChI=1S/C16H12ClNO/c1-18-15-9-5-3-7-12(15)13(16(18)19)10-11-6-2-4-8-14(11)17/h2-10H,1H3/b13-10+. The van der Waals surface area contributed by atoms with Gasteiger partial charge in [0, 0.05) is 23.2 Å². The van der Waals surface area contributed by atoms with Crippen LogP contribution in [0.15, 0.2) is 48.5 Å². The van der Waals surface area contributed by atoms with Crippen molar-refractivity contribution in [2.24, 2.45) is 0 Å². The van der Waals surface area contributed by atoms with Crippen LogP contribution in [-0.2, 0) is 4.79 Å². The summed E-state index contributed by atoms with van der Waals surface area (Å²) in [7, 11) is 1.79. The van der Waals surface area contributed by atoms with Crippen LogP contribution in [0.1, 0.15) is 11.1 Å². The molecule has 0 N–H and O–H groups in total. The van der Waals surface area contributed by atoms with Crippen LogP contribution < -0.4 is 4.90 Å². The minimum atomic E-state index is 0.00104. The third-order valence-electron chi connectivity index (χ3n) is 3.30. The Morgan fingerprint density at radius 1 is 1.05 bits per heavy atom. The Morgan fingerprint density at radius 2 is 1.74 bits per heavy atom. The summed E-state index contributed by atoms with van der Waals surface area (Å²) in [5.41, 5.74) is 3.43. The fourth-order valence-electron chi connectivity index (χ4n) is 2.29. The highest BCUT2D eigenvalue weighted by Crippen LogP contribution is 2.37. The average Bonchev–Trinajstić information content (AvgIpc) is 2.67. The third kappa shape index (κ3) is 1.94. The zero-order chi connectivity index (χ0) is 13.4. The number of para-hydroxylation sites is 1. The van der Waals surface area contributed by atoms with Crippen LogP contribution in [0.5, 0.6) is 0 Å². The molecule has 0 saturated carbocycles. The molecule has 0 fully saturated rings. The molecule has 0 spiro atoms. The summed E-state index contributed by atoms with van der Waals surface area (Å²) in [6.45, 7) is 0. The summed E-state index contributed by atoms with van der Waals surface area (Å²) in [6, 6.07) is 15.3. The van der Waals surface area contributed by atoms with E-state index in [1.807, 2.05) is 54.6 Å². The summed E-state index contributed by atoms with van der Waals surface area (Å²) in [4.78, 5) is 14.0. The number of hydrogen-bond acceptors (Lipinski definition) is 1. The molecule has 3 heteroatoms. The van der Waals surface area contributed by atoms with Gasteiger partial charge < -0.3 is 4.90 Å². The maximum atomic E-state index is 12.3. The maximum absolute atomic E-state index is 12.3.